The molecule has 0 aromatic carbocycles. The van der Waals surface area contributed by atoms with Crippen LogP contribution in [-0.2, 0) is 4.79 Å². The minimum absolute atomic E-state index is 0.0917. The smallest absolute Gasteiger partial charge is 0.220 e. The Hall–Kier alpha value is -1.13. The molecule has 0 spiro atoms. The molecule has 0 aliphatic carbocycles. The van der Waals surface area contributed by atoms with Gasteiger partial charge in [-0.05, 0) is 32.1 Å². The summed E-state index contributed by atoms with van der Waals surface area (Å²) >= 11 is 0. The summed E-state index contributed by atoms with van der Waals surface area (Å²) in [5, 5.41) is 22.6. The zero-order chi connectivity index (χ0) is 32.2. The highest BCUT2D eigenvalue weighted by Gasteiger charge is 2.17. The van der Waals surface area contributed by atoms with Gasteiger partial charge in [-0.25, -0.2) is 0 Å². The van der Waals surface area contributed by atoms with Gasteiger partial charge in [0.05, 0.1) is 18.8 Å². The second-order valence-electron chi connectivity index (χ2n) is 13.3. The Morgan fingerprint density at radius 2 is 0.886 bits per heavy atom. The van der Waals surface area contributed by atoms with Gasteiger partial charge in [0.2, 0.25) is 5.91 Å². The molecule has 3 N–H and O–H groups in total. The average molecular weight is 620 g/mol. The van der Waals surface area contributed by atoms with Gasteiger partial charge in [0, 0.05) is 6.42 Å². The number of nitrogens with one attached hydrogen (secondary N) is 1. The summed E-state index contributed by atoms with van der Waals surface area (Å²) in [4.78, 5) is 12.0. The molecule has 0 aromatic heterocycles. The Labute approximate surface area is 275 Å². The van der Waals surface area contributed by atoms with E-state index in [1.807, 2.05) is 6.08 Å². The zero-order valence-electron chi connectivity index (χ0n) is 29.7. The number of amides is 1. The summed E-state index contributed by atoms with van der Waals surface area (Å²) in [7, 11) is 0. The Morgan fingerprint density at radius 1 is 0.523 bits per heavy atom. The lowest BCUT2D eigenvalue weighted by molar-refractivity contribution is -0.123. The van der Waals surface area contributed by atoms with Crippen LogP contribution in [0.4, 0.5) is 0 Å². The van der Waals surface area contributed by atoms with Gasteiger partial charge in [-0.2, -0.15) is 0 Å². The van der Waals surface area contributed by atoms with Crippen molar-refractivity contribution in [3.63, 3.8) is 0 Å². The van der Waals surface area contributed by atoms with Crippen molar-refractivity contribution in [2.24, 2.45) is 0 Å². The first-order valence-electron chi connectivity index (χ1n) is 19.6. The van der Waals surface area contributed by atoms with Crippen molar-refractivity contribution >= 4 is 5.91 Å². The van der Waals surface area contributed by atoms with Crippen LogP contribution in [0.3, 0.4) is 0 Å². The fourth-order valence-corrected chi connectivity index (χ4v) is 5.90. The van der Waals surface area contributed by atoms with Gasteiger partial charge in [-0.3, -0.25) is 4.79 Å². The van der Waals surface area contributed by atoms with Gasteiger partial charge < -0.3 is 15.5 Å². The Bertz CT molecular complexity index is 632. The summed E-state index contributed by atoms with van der Waals surface area (Å²) in [6.07, 6.45) is 46.3. The first kappa shape index (κ1) is 42.9. The number of hydrogen-bond donors (Lipinski definition) is 3. The van der Waals surface area contributed by atoms with Crippen LogP contribution in [0, 0.1) is 0 Å². The monoisotopic (exact) mass is 620 g/mol. The van der Waals surface area contributed by atoms with Crippen LogP contribution in [0.5, 0.6) is 0 Å². The summed E-state index contributed by atoms with van der Waals surface area (Å²) in [6, 6.07) is -0.630. The van der Waals surface area contributed by atoms with Gasteiger partial charge in [-0.1, -0.05) is 192 Å². The number of allylic oxidation sites excluding steroid dienone is 3. The third-order valence-corrected chi connectivity index (χ3v) is 8.94. The van der Waals surface area contributed by atoms with Gasteiger partial charge in [-0.15, -0.1) is 0 Å². The van der Waals surface area contributed by atoms with Crippen LogP contribution in [0.2, 0.25) is 0 Å². The molecule has 0 saturated carbocycles. The van der Waals surface area contributed by atoms with Gasteiger partial charge in [0.1, 0.15) is 0 Å². The summed E-state index contributed by atoms with van der Waals surface area (Å²) in [5.41, 5.74) is 0. The van der Waals surface area contributed by atoms with Gasteiger partial charge in [0.15, 0.2) is 0 Å². The maximum absolute atomic E-state index is 12.0. The lowest BCUT2D eigenvalue weighted by Gasteiger charge is -2.19. The molecule has 0 aliphatic rings. The number of aliphatic hydroxyl groups excluding tert-OH is 2. The first-order valence-corrected chi connectivity index (χ1v) is 19.6. The average Bonchev–Trinajstić information content (AvgIpc) is 3.03. The summed E-state index contributed by atoms with van der Waals surface area (Å²) in [5.74, 6) is -0.0917. The van der Waals surface area contributed by atoms with Crippen LogP contribution in [-0.4, -0.2) is 34.9 Å². The summed E-state index contributed by atoms with van der Waals surface area (Å²) < 4.78 is 0. The molecule has 1 amide bonds. The van der Waals surface area contributed by atoms with Crippen molar-refractivity contribution in [2.75, 3.05) is 6.61 Å². The molecule has 4 heteroatoms. The van der Waals surface area contributed by atoms with Crippen LogP contribution in [0.25, 0.3) is 0 Å². The zero-order valence-corrected chi connectivity index (χ0v) is 29.7. The fourth-order valence-electron chi connectivity index (χ4n) is 5.90. The van der Waals surface area contributed by atoms with E-state index in [0.717, 1.165) is 44.9 Å². The number of carbonyl (C=O) groups is 1. The highest BCUT2D eigenvalue weighted by Crippen LogP contribution is 2.15. The molecule has 260 valence electrons. The predicted octanol–water partition coefficient (Wildman–Crippen LogP) is 11.7. The lowest BCUT2D eigenvalue weighted by atomic mass is 10.0. The molecule has 0 aromatic rings. The normalized spacial score (nSPS) is 13.3. The molecule has 0 saturated heterocycles. The van der Waals surface area contributed by atoms with E-state index >= 15 is 0 Å². The number of rotatable bonds is 35. The van der Waals surface area contributed by atoms with Crippen LogP contribution in [0.1, 0.15) is 206 Å². The number of aliphatic hydroxyl groups is 2. The van der Waals surface area contributed by atoms with E-state index in [1.165, 1.54) is 141 Å². The van der Waals surface area contributed by atoms with E-state index in [4.69, 9.17) is 0 Å². The van der Waals surface area contributed by atoms with E-state index in [-0.39, 0.29) is 12.5 Å². The van der Waals surface area contributed by atoms with E-state index in [0.29, 0.717) is 6.42 Å². The second-order valence-corrected chi connectivity index (χ2v) is 13.3. The summed E-state index contributed by atoms with van der Waals surface area (Å²) in [6.45, 7) is 4.18. The SMILES string of the molecule is CCCCCCCCCCCCCCCCCCCCCCCC/C=C/CC/C=C/C(O)C(CO)NC(=O)CCCCCC. The maximum atomic E-state index is 12.0. The highest BCUT2D eigenvalue weighted by molar-refractivity contribution is 5.76. The molecule has 44 heavy (non-hydrogen) atoms. The largest absolute Gasteiger partial charge is 0.394 e. The third kappa shape index (κ3) is 32.3. The molecule has 4 nitrogen and oxygen atoms in total. The molecule has 0 fully saturated rings. The predicted molar refractivity (Wildman–Crippen MR) is 193 cm³/mol. The molecular weight excluding hydrogens is 542 g/mol. The standard InChI is InChI=1S/C40H77NO3/c1-3-5-7-9-10-11-12-13-14-15-16-17-18-19-20-21-22-23-24-25-26-27-28-29-30-31-32-33-35-39(43)38(37-42)41-40(44)36-34-8-6-4-2/h29-30,33,35,38-39,42-43H,3-28,31-32,34,36-37H2,1-2H3,(H,41,44)/b30-29+,35-33+. The quantitative estimate of drug-likeness (QED) is 0.0488. The Kier molecular flexibility index (Phi) is 35.4. The Balaban J connectivity index is 3.42. The number of hydrogen-bond acceptors (Lipinski definition) is 3. The molecule has 2 atom stereocenters. The molecule has 2 unspecified atom stereocenters. The van der Waals surface area contributed by atoms with Crippen molar-refractivity contribution in [3.8, 4) is 0 Å². The molecular formula is C40H77NO3. The van der Waals surface area contributed by atoms with Crippen molar-refractivity contribution in [3.05, 3.63) is 24.3 Å². The lowest BCUT2D eigenvalue weighted by Crippen LogP contribution is -2.45. The molecule has 0 bridgehead atoms. The highest BCUT2D eigenvalue weighted by atomic mass is 16.3. The number of carbonyl (C=O) groups excluding carboxylic acids is 1. The topological polar surface area (TPSA) is 69.6 Å². The fraction of sp³-hybridized carbons (Fsp3) is 0.875. The van der Waals surface area contributed by atoms with E-state index in [1.54, 1.807) is 6.08 Å². The maximum Gasteiger partial charge on any atom is 0.220 e. The van der Waals surface area contributed by atoms with Crippen molar-refractivity contribution in [1.29, 1.82) is 0 Å². The van der Waals surface area contributed by atoms with Crippen LogP contribution in [0.15, 0.2) is 24.3 Å². The van der Waals surface area contributed by atoms with E-state index in [9.17, 15) is 15.0 Å². The van der Waals surface area contributed by atoms with Crippen LogP contribution >= 0.6 is 0 Å². The second kappa shape index (κ2) is 36.3. The molecule has 0 radical (unpaired) electrons. The van der Waals surface area contributed by atoms with Crippen molar-refractivity contribution < 1.29 is 15.0 Å². The third-order valence-electron chi connectivity index (χ3n) is 8.94. The molecule has 0 rings (SSSR count). The molecule has 0 heterocycles. The van der Waals surface area contributed by atoms with Gasteiger partial charge >= 0.3 is 0 Å². The van der Waals surface area contributed by atoms with E-state index in [2.05, 4.69) is 31.3 Å². The van der Waals surface area contributed by atoms with Crippen molar-refractivity contribution in [2.45, 2.75) is 219 Å². The minimum Gasteiger partial charge on any atom is -0.394 e. The van der Waals surface area contributed by atoms with Gasteiger partial charge in [0.25, 0.3) is 0 Å². The number of unbranched alkanes of at least 4 members (excludes halogenated alkanes) is 26. The van der Waals surface area contributed by atoms with E-state index < -0.39 is 12.1 Å². The Morgan fingerprint density at radius 3 is 1.32 bits per heavy atom. The molecule has 0 aliphatic heterocycles. The van der Waals surface area contributed by atoms with Crippen molar-refractivity contribution in [1.82, 2.24) is 5.32 Å². The van der Waals surface area contributed by atoms with Crippen LogP contribution < -0.4 is 5.32 Å². The minimum atomic E-state index is -0.854. The first-order chi connectivity index (χ1) is 21.7.